The SMILES string of the molecule is COC(=O)[C@@]12[C@H]3[C@H]4[C@H]5[C@H](C[C@@H]41)[C@H]2C(F)(F)[C@@H]53. The highest BCUT2D eigenvalue weighted by atomic mass is 19.3. The Bertz CT molecular complexity index is 448. The van der Waals surface area contributed by atoms with Crippen LogP contribution in [-0.2, 0) is 9.53 Å². The van der Waals surface area contributed by atoms with Crippen molar-refractivity contribution in [2.45, 2.75) is 12.3 Å². The van der Waals surface area contributed by atoms with Crippen LogP contribution < -0.4 is 0 Å². The zero-order valence-corrected chi connectivity index (χ0v) is 8.82. The predicted molar refractivity (Wildman–Crippen MR) is 48.4 cm³/mol. The molecule has 0 aliphatic heterocycles. The van der Waals surface area contributed by atoms with E-state index in [4.69, 9.17) is 4.74 Å². The van der Waals surface area contributed by atoms with Crippen molar-refractivity contribution in [3.63, 3.8) is 0 Å². The summed E-state index contributed by atoms with van der Waals surface area (Å²) in [5.41, 5.74) is -0.757. The first kappa shape index (κ1) is 8.43. The summed E-state index contributed by atoms with van der Waals surface area (Å²) >= 11 is 0. The van der Waals surface area contributed by atoms with Gasteiger partial charge in [0.1, 0.15) is 0 Å². The Morgan fingerprint density at radius 3 is 2.75 bits per heavy atom. The molecule has 0 aromatic rings. The van der Waals surface area contributed by atoms with Crippen molar-refractivity contribution in [2.24, 2.45) is 46.8 Å². The van der Waals surface area contributed by atoms with Gasteiger partial charge in [-0.2, -0.15) is 0 Å². The van der Waals surface area contributed by atoms with E-state index in [1.165, 1.54) is 7.11 Å². The first-order valence-electron chi connectivity index (χ1n) is 6.04. The van der Waals surface area contributed by atoms with E-state index < -0.39 is 23.2 Å². The Kier molecular flexibility index (Phi) is 0.962. The first-order valence-corrected chi connectivity index (χ1v) is 6.04. The van der Waals surface area contributed by atoms with Gasteiger partial charge in [-0.1, -0.05) is 0 Å². The molecule has 0 N–H and O–H groups in total. The second-order valence-electron chi connectivity index (χ2n) is 6.29. The zero-order chi connectivity index (χ0) is 11.0. The standard InChI is InChI=1S/C12H12F2O2/c1-16-10(15)11-4-2-3-5-6(4)7(11)8(5)12(13,14)9(3)11/h3-9H,2H2,1H3/t3-,4-,5+,6+,7-,8-,9+,11+/m0/s1. The minimum atomic E-state index is -2.59. The van der Waals surface area contributed by atoms with Gasteiger partial charge in [0, 0.05) is 11.8 Å². The number of carbonyl (C=O) groups excluding carboxylic acids is 1. The Morgan fingerprint density at radius 1 is 1.31 bits per heavy atom. The lowest BCUT2D eigenvalue weighted by Crippen LogP contribution is -2.70. The summed E-state index contributed by atoms with van der Waals surface area (Å²) in [6.45, 7) is 0. The van der Waals surface area contributed by atoms with Crippen LogP contribution in [-0.4, -0.2) is 19.0 Å². The number of rotatable bonds is 1. The third-order valence-corrected chi connectivity index (χ3v) is 6.65. The molecule has 4 heteroatoms. The summed E-state index contributed by atoms with van der Waals surface area (Å²) < 4.78 is 33.2. The number of methoxy groups -OCH3 is 1. The lowest BCUT2D eigenvalue weighted by molar-refractivity contribution is -0.248. The Balaban J connectivity index is 1.77. The van der Waals surface area contributed by atoms with Crippen molar-refractivity contribution >= 4 is 5.97 Å². The van der Waals surface area contributed by atoms with Crippen LogP contribution in [0.5, 0.6) is 0 Å². The van der Waals surface area contributed by atoms with Crippen molar-refractivity contribution in [1.29, 1.82) is 0 Å². The van der Waals surface area contributed by atoms with E-state index in [0.29, 0.717) is 5.92 Å². The van der Waals surface area contributed by atoms with Gasteiger partial charge in [0.05, 0.1) is 12.5 Å². The highest BCUT2D eigenvalue weighted by Gasteiger charge is 3.00. The quantitative estimate of drug-likeness (QED) is 0.634. The average molecular weight is 226 g/mol. The molecule has 6 fully saturated rings. The van der Waals surface area contributed by atoms with Gasteiger partial charge in [-0.15, -0.1) is 0 Å². The van der Waals surface area contributed by atoms with Gasteiger partial charge in [-0.3, -0.25) is 4.79 Å². The van der Waals surface area contributed by atoms with E-state index in [2.05, 4.69) is 0 Å². The second kappa shape index (κ2) is 1.83. The summed E-state index contributed by atoms with van der Waals surface area (Å²) in [4.78, 5) is 12.0. The Hall–Kier alpha value is -0.670. The van der Waals surface area contributed by atoms with Crippen molar-refractivity contribution in [3.05, 3.63) is 0 Å². The van der Waals surface area contributed by atoms with Gasteiger partial charge in [0.25, 0.3) is 5.92 Å². The summed E-state index contributed by atoms with van der Waals surface area (Å²) in [6, 6.07) is 0. The van der Waals surface area contributed by atoms with Crippen LogP contribution in [0.3, 0.4) is 0 Å². The summed E-state index contributed by atoms with van der Waals surface area (Å²) in [7, 11) is 1.34. The molecule has 0 heterocycles. The fraction of sp³-hybridized carbons (Fsp3) is 0.917. The third kappa shape index (κ3) is 0.422. The molecule has 0 aromatic carbocycles. The van der Waals surface area contributed by atoms with Crippen molar-refractivity contribution < 1.29 is 18.3 Å². The molecule has 0 saturated heterocycles. The number of alkyl halides is 2. The maximum absolute atomic E-state index is 14.2. The molecule has 4 bridgehead atoms. The molecule has 0 spiro atoms. The minimum Gasteiger partial charge on any atom is -0.469 e. The van der Waals surface area contributed by atoms with E-state index in [0.717, 1.165) is 6.42 Å². The lowest BCUT2D eigenvalue weighted by Gasteiger charge is -2.67. The van der Waals surface area contributed by atoms with Gasteiger partial charge >= 0.3 is 5.97 Å². The molecule has 0 radical (unpaired) electrons. The largest absolute Gasteiger partial charge is 0.469 e. The van der Waals surface area contributed by atoms with Gasteiger partial charge in [0.15, 0.2) is 0 Å². The smallest absolute Gasteiger partial charge is 0.312 e. The maximum Gasteiger partial charge on any atom is 0.312 e. The minimum absolute atomic E-state index is 0.0336. The van der Waals surface area contributed by atoms with Gasteiger partial charge in [-0.25, -0.2) is 8.78 Å². The van der Waals surface area contributed by atoms with E-state index in [-0.39, 0.29) is 29.6 Å². The van der Waals surface area contributed by atoms with Crippen molar-refractivity contribution in [2.75, 3.05) is 7.11 Å². The molecule has 6 rings (SSSR count). The summed E-state index contributed by atoms with van der Waals surface area (Å²) in [5.74, 6) is -3.07. The molecule has 6 saturated carbocycles. The zero-order valence-electron chi connectivity index (χ0n) is 8.82. The van der Waals surface area contributed by atoms with Crippen LogP contribution >= 0.6 is 0 Å². The molecule has 0 aromatic heterocycles. The molecule has 86 valence electrons. The van der Waals surface area contributed by atoms with Crippen molar-refractivity contribution in [1.82, 2.24) is 0 Å². The van der Waals surface area contributed by atoms with Gasteiger partial charge < -0.3 is 4.74 Å². The maximum atomic E-state index is 14.2. The molecule has 0 unspecified atom stereocenters. The fourth-order valence-electron chi connectivity index (χ4n) is 6.80. The van der Waals surface area contributed by atoms with E-state index >= 15 is 0 Å². The van der Waals surface area contributed by atoms with E-state index in [1.54, 1.807) is 0 Å². The fourth-order valence-corrected chi connectivity index (χ4v) is 6.80. The Labute approximate surface area is 91.3 Å². The molecule has 2 nitrogen and oxygen atoms in total. The average Bonchev–Trinajstić information content (AvgIpc) is 2.66. The summed E-state index contributed by atoms with van der Waals surface area (Å²) in [5, 5.41) is 0. The molecule has 16 heavy (non-hydrogen) atoms. The molecular formula is C12H12F2O2. The summed E-state index contributed by atoms with van der Waals surface area (Å²) in [6.07, 6.45) is 0.859. The highest BCUT2D eigenvalue weighted by Crippen LogP contribution is 2.96. The molecule has 8 atom stereocenters. The monoisotopic (exact) mass is 226 g/mol. The van der Waals surface area contributed by atoms with Crippen LogP contribution in [0.1, 0.15) is 6.42 Å². The molecule has 0 amide bonds. The van der Waals surface area contributed by atoms with E-state index in [1.807, 2.05) is 0 Å². The first-order chi connectivity index (χ1) is 7.57. The number of ether oxygens (including phenoxy) is 1. The lowest BCUT2D eigenvalue weighted by atomic mass is 9.34. The van der Waals surface area contributed by atoms with Crippen LogP contribution in [0, 0.1) is 46.8 Å². The highest BCUT2D eigenvalue weighted by molar-refractivity contribution is 5.83. The van der Waals surface area contributed by atoms with Crippen molar-refractivity contribution in [3.8, 4) is 0 Å². The molecule has 6 aliphatic rings. The van der Waals surface area contributed by atoms with Crippen LogP contribution in [0.15, 0.2) is 0 Å². The van der Waals surface area contributed by atoms with Crippen LogP contribution in [0.2, 0.25) is 0 Å². The van der Waals surface area contributed by atoms with Gasteiger partial charge in [-0.05, 0) is 36.0 Å². The van der Waals surface area contributed by atoms with Crippen LogP contribution in [0.4, 0.5) is 8.78 Å². The van der Waals surface area contributed by atoms with Gasteiger partial charge in [0.2, 0.25) is 0 Å². The number of hydrogen-bond donors (Lipinski definition) is 0. The predicted octanol–water partition coefficient (Wildman–Crippen LogP) is 1.55. The topological polar surface area (TPSA) is 26.3 Å². The second-order valence-corrected chi connectivity index (χ2v) is 6.29. The normalized spacial score (nSPS) is 69.1. The third-order valence-electron chi connectivity index (χ3n) is 6.65. The Morgan fingerprint density at radius 2 is 2.06 bits per heavy atom. The number of carbonyl (C=O) groups is 1. The molecular weight excluding hydrogens is 214 g/mol. The van der Waals surface area contributed by atoms with E-state index in [9.17, 15) is 13.6 Å². The number of halogens is 2. The number of hydrogen-bond acceptors (Lipinski definition) is 2. The number of esters is 1. The molecule has 6 aliphatic carbocycles. The van der Waals surface area contributed by atoms with Crippen LogP contribution in [0.25, 0.3) is 0 Å².